The van der Waals surface area contributed by atoms with Crippen molar-refractivity contribution in [1.29, 1.82) is 0 Å². The first-order valence-corrected chi connectivity index (χ1v) is 6.64. The highest BCUT2D eigenvalue weighted by molar-refractivity contribution is 5.94. The molecule has 1 aromatic heterocycles. The number of piperidine rings is 1. The maximum absolute atomic E-state index is 12.9. The summed E-state index contributed by atoms with van der Waals surface area (Å²) < 4.78 is 14.7. The van der Waals surface area contributed by atoms with E-state index in [9.17, 15) is 9.18 Å². The van der Waals surface area contributed by atoms with Gasteiger partial charge in [-0.3, -0.25) is 4.79 Å². The molecule has 2 aromatic rings. The number of likely N-dealkylation sites (tertiary alicyclic amines) is 1. The van der Waals surface area contributed by atoms with Crippen molar-refractivity contribution in [1.82, 2.24) is 19.9 Å². The first kappa shape index (κ1) is 12.8. The molecule has 0 saturated carbocycles. The van der Waals surface area contributed by atoms with E-state index in [0.717, 1.165) is 12.8 Å². The van der Waals surface area contributed by atoms with Gasteiger partial charge in [-0.05, 0) is 37.1 Å². The van der Waals surface area contributed by atoms with E-state index in [1.807, 2.05) is 10.9 Å². The Bertz CT molecular complexity index is 574. The van der Waals surface area contributed by atoms with Crippen LogP contribution in [0.2, 0.25) is 0 Å². The number of halogens is 1. The summed E-state index contributed by atoms with van der Waals surface area (Å²) in [6.07, 6.45) is 5.23. The molecule has 0 aliphatic carbocycles. The maximum atomic E-state index is 12.9. The summed E-state index contributed by atoms with van der Waals surface area (Å²) >= 11 is 0. The van der Waals surface area contributed by atoms with Gasteiger partial charge in [0, 0.05) is 24.8 Å². The Morgan fingerprint density at radius 2 is 1.90 bits per heavy atom. The lowest BCUT2D eigenvalue weighted by Crippen LogP contribution is -2.39. The van der Waals surface area contributed by atoms with Crippen molar-refractivity contribution in [2.75, 3.05) is 13.1 Å². The fourth-order valence-electron chi connectivity index (χ4n) is 2.52. The van der Waals surface area contributed by atoms with Crippen molar-refractivity contribution >= 4 is 5.91 Å². The van der Waals surface area contributed by atoms with Gasteiger partial charge in [0.05, 0.1) is 12.2 Å². The van der Waals surface area contributed by atoms with E-state index < -0.39 is 0 Å². The number of nitrogens with zero attached hydrogens (tertiary/aromatic N) is 4. The van der Waals surface area contributed by atoms with Gasteiger partial charge in [0.2, 0.25) is 0 Å². The summed E-state index contributed by atoms with van der Waals surface area (Å²) in [5.41, 5.74) is 0.533. The predicted octanol–water partition coefficient (Wildman–Crippen LogP) is 1.89. The number of benzene rings is 1. The van der Waals surface area contributed by atoms with E-state index in [4.69, 9.17) is 0 Å². The molecule has 0 radical (unpaired) electrons. The standard InChI is InChI=1S/C14H15FN4O/c15-12-3-1-11(2-4-12)14(20)18-8-5-13(6-9-18)19-10-7-16-17-19/h1-4,7,10,13H,5-6,8-9H2. The van der Waals surface area contributed by atoms with E-state index in [-0.39, 0.29) is 11.7 Å². The molecular formula is C14H15FN4O. The highest BCUT2D eigenvalue weighted by Gasteiger charge is 2.24. The second kappa shape index (κ2) is 5.40. The monoisotopic (exact) mass is 274 g/mol. The van der Waals surface area contributed by atoms with Gasteiger partial charge in [-0.2, -0.15) is 0 Å². The van der Waals surface area contributed by atoms with Gasteiger partial charge in [0.25, 0.3) is 5.91 Å². The molecule has 0 bridgehead atoms. The summed E-state index contributed by atoms with van der Waals surface area (Å²) in [7, 11) is 0. The lowest BCUT2D eigenvalue weighted by Gasteiger charge is -2.31. The van der Waals surface area contributed by atoms with Gasteiger partial charge in [-0.1, -0.05) is 5.21 Å². The van der Waals surface area contributed by atoms with Crippen molar-refractivity contribution in [2.24, 2.45) is 0 Å². The van der Waals surface area contributed by atoms with Gasteiger partial charge in [0.1, 0.15) is 5.82 Å². The molecule has 2 heterocycles. The van der Waals surface area contributed by atoms with Crippen molar-refractivity contribution in [3.05, 3.63) is 48.0 Å². The molecule has 0 atom stereocenters. The summed E-state index contributed by atoms with van der Waals surface area (Å²) in [5.74, 6) is -0.367. The van der Waals surface area contributed by atoms with Gasteiger partial charge in [0.15, 0.2) is 0 Å². The molecule has 1 amide bonds. The van der Waals surface area contributed by atoms with E-state index in [1.165, 1.54) is 24.3 Å². The Labute approximate surface area is 116 Å². The molecule has 3 rings (SSSR count). The highest BCUT2D eigenvalue weighted by Crippen LogP contribution is 2.22. The van der Waals surface area contributed by atoms with Crippen LogP contribution in [0.25, 0.3) is 0 Å². The van der Waals surface area contributed by atoms with Gasteiger partial charge >= 0.3 is 0 Å². The number of aromatic nitrogens is 3. The quantitative estimate of drug-likeness (QED) is 0.840. The van der Waals surface area contributed by atoms with E-state index >= 15 is 0 Å². The number of carbonyl (C=O) groups is 1. The summed E-state index contributed by atoms with van der Waals surface area (Å²) in [4.78, 5) is 14.1. The van der Waals surface area contributed by atoms with Crippen LogP contribution in [0, 0.1) is 5.82 Å². The SMILES string of the molecule is O=C(c1ccc(F)cc1)N1CCC(n2ccnn2)CC1. The van der Waals surface area contributed by atoms with E-state index in [2.05, 4.69) is 10.3 Å². The molecule has 1 aliphatic rings. The second-order valence-corrected chi connectivity index (χ2v) is 4.91. The van der Waals surface area contributed by atoms with Crippen LogP contribution in [-0.4, -0.2) is 38.9 Å². The van der Waals surface area contributed by atoms with Crippen LogP contribution in [0.1, 0.15) is 29.2 Å². The Hall–Kier alpha value is -2.24. The Balaban J connectivity index is 1.63. The molecule has 0 N–H and O–H groups in total. The zero-order valence-corrected chi connectivity index (χ0v) is 10.9. The van der Waals surface area contributed by atoms with Crippen LogP contribution in [0.15, 0.2) is 36.7 Å². The van der Waals surface area contributed by atoms with E-state index in [1.54, 1.807) is 11.1 Å². The smallest absolute Gasteiger partial charge is 0.253 e. The lowest BCUT2D eigenvalue weighted by molar-refractivity contribution is 0.0689. The number of carbonyl (C=O) groups excluding carboxylic acids is 1. The zero-order chi connectivity index (χ0) is 13.9. The van der Waals surface area contributed by atoms with Crippen LogP contribution in [0.5, 0.6) is 0 Å². The Morgan fingerprint density at radius 3 is 2.50 bits per heavy atom. The van der Waals surface area contributed by atoms with Crippen molar-refractivity contribution in [2.45, 2.75) is 18.9 Å². The van der Waals surface area contributed by atoms with Crippen molar-refractivity contribution in [3.8, 4) is 0 Å². The molecule has 20 heavy (non-hydrogen) atoms. The third kappa shape index (κ3) is 2.54. The zero-order valence-electron chi connectivity index (χ0n) is 10.9. The van der Waals surface area contributed by atoms with E-state index in [0.29, 0.717) is 24.7 Å². The van der Waals surface area contributed by atoms with Crippen LogP contribution in [-0.2, 0) is 0 Å². The third-order valence-electron chi connectivity index (χ3n) is 3.66. The van der Waals surface area contributed by atoms with Crippen LogP contribution < -0.4 is 0 Å². The molecule has 0 unspecified atom stereocenters. The average molecular weight is 274 g/mol. The summed E-state index contributed by atoms with van der Waals surface area (Å²) in [5, 5.41) is 7.80. The predicted molar refractivity (Wildman–Crippen MR) is 70.6 cm³/mol. The summed E-state index contributed by atoms with van der Waals surface area (Å²) in [6.45, 7) is 1.36. The third-order valence-corrected chi connectivity index (χ3v) is 3.66. The minimum absolute atomic E-state index is 0.0398. The minimum Gasteiger partial charge on any atom is -0.338 e. The van der Waals surface area contributed by atoms with Crippen molar-refractivity contribution in [3.63, 3.8) is 0 Å². The fourth-order valence-corrected chi connectivity index (χ4v) is 2.52. The summed E-state index contributed by atoms with van der Waals surface area (Å²) in [6, 6.07) is 5.99. The number of hydrogen-bond acceptors (Lipinski definition) is 3. The second-order valence-electron chi connectivity index (χ2n) is 4.91. The molecule has 1 aliphatic heterocycles. The van der Waals surface area contributed by atoms with Gasteiger partial charge in [-0.25, -0.2) is 9.07 Å². The first-order chi connectivity index (χ1) is 9.74. The molecule has 1 aromatic carbocycles. The van der Waals surface area contributed by atoms with Crippen LogP contribution in [0.3, 0.4) is 0 Å². The maximum Gasteiger partial charge on any atom is 0.253 e. The number of hydrogen-bond donors (Lipinski definition) is 0. The molecule has 5 nitrogen and oxygen atoms in total. The number of amides is 1. The molecule has 1 fully saturated rings. The largest absolute Gasteiger partial charge is 0.338 e. The van der Waals surface area contributed by atoms with Crippen LogP contribution in [0.4, 0.5) is 4.39 Å². The molecule has 6 heteroatoms. The number of rotatable bonds is 2. The Morgan fingerprint density at radius 1 is 1.20 bits per heavy atom. The average Bonchev–Trinajstić information content (AvgIpc) is 3.02. The normalized spacial score (nSPS) is 16.4. The molecule has 0 spiro atoms. The fraction of sp³-hybridized carbons (Fsp3) is 0.357. The molecule has 104 valence electrons. The first-order valence-electron chi connectivity index (χ1n) is 6.64. The molecular weight excluding hydrogens is 259 g/mol. The Kier molecular flexibility index (Phi) is 3.45. The lowest BCUT2D eigenvalue weighted by atomic mass is 10.0. The van der Waals surface area contributed by atoms with Gasteiger partial charge < -0.3 is 4.90 Å². The highest BCUT2D eigenvalue weighted by atomic mass is 19.1. The van der Waals surface area contributed by atoms with Crippen molar-refractivity contribution < 1.29 is 9.18 Å². The van der Waals surface area contributed by atoms with Gasteiger partial charge in [-0.15, -0.1) is 5.10 Å². The topological polar surface area (TPSA) is 51.0 Å². The van der Waals surface area contributed by atoms with Crippen LogP contribution >= 0.6 is 0 Å². The minimum atomic E-state index is -0.327. The molecule has 1 saturated heterocycles.